The largest absolute Gasteiger partial charge is 0.380 e. The molecule has 0 atom stereocenters. The zero-order valence-corrected chi connectivity index (χ0v) is 13.2. The Morgan fingerprint density at radius 1 is 1.19 bits per heavy atom. The Morgan fingerprint density at radius 3 is 2.67 bits per heavy atom. The molecule has 0 unspecified atom stereocenters. The predicted molar refractivity (Wildman–Crippen MR) is 85.1 cm³/mol. The van der Waals surface area contributed by atoms with E-state index in [9.17, 15) is 8.42 Å². The van der Waals surface area contributed by atoms with Crippen molar-refractivity contribution in [2.24, 2.45) is 0 Å². The fraction of sp³-hybridized carbons (Fsp3) is 0.312. The summed E-state index contributed by atoms with van der Waals surface area (Å²) in [5.41, 5.74) is 2.84. The van der Waals surface area contributed by atoms with Crippen molar-refractivity contribution in [3.8, 4) is 0 Å². The molecule has 1 aromatic heterocycles. The molecule has 1 heterocycles. The second-order valence-corrected chi connectivity index (χ2v) is 7.05. The van der Waals surface area contributed by atoms with E-state index in [4.69, 9.17) is 0 Å². The van der Waals surface area contributed by atoms with Gasteiger partial charge in [0.05, 0.1) is 16.3 Å². The third-order valence-electron chi connectivity index (χ3n) is 3.30. The lowest BCUT2D eigenvalue weighted by atomic mass is 10.1. The number of anilines is 1. The molecule has 0 saturated carbocycles. The lowest BCUT2D eigenvalue weighted by Gasteiger charge is -2.13. The number of rotatable bonds is 6. The van der Waals surface area contributed by atoms with E-state index in [1.807, 2.05) is 26.0 Å². The lowest BCUT2D eigenvalue weighted by Crippen LogP contribution is -2.10. The van der Waals surface area contributed by atoms with Crippen LogP contribution >= 0.6 is 0 Å². The van der Waals surface area contributed by atoms with Gasteiger partial charge >= 0.3 is 0 Å². The van der Waals surface area contributed by atoms with Crippen LogP contribution in [0.1, 0.15) is 24.5 Å². The second-order valence-electron chi connectivity index (χ2n) is 4.97. The molecule has 5 heteroatoms. The highest BCUT2D eigenvalue weighted by Gasteiger charge is 2.17. The maximum absolute atomic E-state index is 12.3. The van der Waals surface area contributed by atoms with Gasteiger partial charge < -0.3 is 5.32 Å². The zero-order chi connectivity index (χ0) is 15.3. The highest BCUT2D eigenvalue weighted by Crippen LogP contribution is 2.23. The molecule has 0 bridgehead atoms. The van der Waals surface area contributed by atoms with E-state index >= 15 is 0 Å². The first-order chi connectivity index (χ1) is 10.0. The molecule has 0 aliphatic rings. The molecule has 2 rings (SSSR count). The van der Waals surface area contributed by atoms with Crippen molar-refractivity contribution >= 4 is 15.5 Å². The van der Waals surface area contributed by atoms with Gasteiger partial charge in [-0.05, 0) is 42.7 Å². The van der Waals surface area contributed by atoms with Crippen LogP contribution in [-0.2, 0) is 16.4 Å². The first-order valence-electron chi connectivity index (χ1n) is 6.99. The van der Waals surface area contributed by atoms with Crippen molar-refractivity contribution < 1.29 is 8.42 Å². The van der Waals surface area contributed by atoms with Gasteiger partial charge in [0.25, 0.3) is 0 Å². The number of hydrogen-bond acceptors (Lipinski definition) is 4. The Labute approximate surface area is 126 Å². The van der Waals surface area contributed by atoms with Crippen molar-refractivity contribution in [3.05, 3.63) is 53.9 Å². The van der Waals surface area contributed by atoms with E-state index in [0.29, 0.717) is 23.5 Å². The summed E-state index contributed by atoms with van der Waals surface area (Å²) < 4.78 is 24.6. The third kappa shape index (κ3) is 3.82. The van der Waals surface area contributed by atoms with E-state index in [1.165, 1.54) is 0 Å². The second kappa shape index (κ2) is 6.72. The molecule has 4 nitrogen and oxygen atoms in total. The summed E-state index contributed by atoms with van der Waals surface area (Å²) in [6, 6.07) is 9.00. The number of aryl methyl sites for hydroxylation is 1. The first-order valence-corrected chi connectivity index (χ1v) is 8.65. The van der Waals surface area contributed by atoms with Gasteiger partial charge in [-0.3, -0.25) is 4.98 Å². The fourth-order valence-electron chi connectivity index (χ4n) is 2.15. The summed E-state index contributed by atoms with van der Waals surface area (Å²) in [5, 5.41) is 3.23. The molecule has 0 spiro atoms. The summed E-state index contributed by atoms with van der Waals surface area (Å²) in [7, 11) is -3.23. The molecule has 1 N–H and O–H groups in total. The number of sulfone groups is 1. The number of pyridine rings is 1. The number of aromatic nitrogens is 1. The van der Waals surface area contributed by atoms with Gasteiger partial charge in [-0.15, -0.1) is 0 Å². The molecule has 0 aliphatic carbocycles. The summed E-state index contributed by atoms with van der Waals surface area (Å²) in [6.07, 6.45) is 4.15. The fourth-order valence-corrected chi connectivity index (χ4v) is 3.67. The maximum Gasteiger partial charge on any atom is 0.180 e. The van der Waals surface area contributed by atoms with E-state index in [2.05, 4.69) is 10.3 Å². The van der Waals surface area contributed by atoms with Gasteiger partial charge in [-0.2, -0.15) is 0 Å². The van der Waals surface area contributed by atoms with E-state index < -0.39 is 9.84 Å². The van der Waals surface area contributed by atoms with Gasteiger partial charge in [0.2, 0.25) is 0 Å². The first kappa shape index (κ1) is 15.5. The van der Waals surface area contributed by atoms with Crippen LogP contribution in [0.5, 0.6) is 0 Å². The molecule has 0 radical (unpaired) electrons. The minimum absolute atomic E-state index is 0.167. The van der Waals surface area contributed by atoms with Crippen molar-refractivity contribution in [2.45, 2.75) is 31.7 Å². The Bertz CT molecular complexity index is 712. The van der Waals surface area contributed by atoms with E-state index in [0.717, 1.165) is 11.1 Å². The average Bonchev–Trinajstić information content (AvgIpc) is 2.47. The number of para-hydroxylation sites is 1. The zero-order valence-electron chi connectivity index (χ0n) is 12.3. The molecule has 0 saturated heterocycles. The van der Waals surface area contributed by atoms with Crippen LogP contribution in [0.15, 0.2) is 47.6 Å². The van der Waals surface area contributed by atoms with E-state index in [1.54, 1.807) is 30.6 Å². The SMILES string of the molecule is CCCS(=O)(=O)c1ccccc1NCc1ccncc1C. The number of nitrogens with zero attached hydrogens (tertiary/aromatic N) is 1. The van der Waals surface area contributed by atoms with Crippen LogP contribution in [0, 0.1) is 6.92 Å². The third-order valence-corrected chi connectivity index (χ3v) is 5.27. The van der Waals surface area contributed by atoms with Crippen molar-refractivity contribution in [1.82, 2.24) is 4.98 Å². The van der Waals surface area contributed by atoms with Gasteiger partial charge in [0.1, 0.15) is 0 Å². The number of nitrogens with one attached hydrogen (secondary N) is 1. The van der Waals surface area contributed by atoms with Crippen LogP contribution in [-0.4, -0.2) is 19.2 Å². The van der Waals surface area contributed by atoms with Gasteiger partial charge in [0, 0.05) is 18.9 Å². The highest BCUT2D eigenvalue weighted by molar-refractivity contribution is 7.91. The van der Waals surface area contributed by atoms with Crippen LogP contribution in [0.25, 0.3) is 0 Å². The summed E-state index contributed by atoms with van der Waals surface area (Å²) in [5.74, 6) is 0.167. The molecule has 0 fully saturated rings. The Balaban J connectivity index is 2.24. The maximum atomic E-state index is 12.3. The highest BCUT2D eigenvalue weighted by atomic mass is 32.2. The standard InChI is InChI=1S/C16H20N2O2S/c1-3-10-21(19,20)16-7-5-4-6-15(16)18-12-14-8-9-17-11-13(14)2/h4-9,11,18H,3,10,12H2,1-2H3. The Hall–Kier alpha value is -1.88. The Morgan fingerprint density at radius 2 is 1.95 bits per heavy atom. The molecule has 2 aromatic rings. The number of hydrogen-bond donors (Lipinski definition) is 1. The number of benzene rings is 1. The molecule has 0 amide bonds. The molecule has 112 valence electrons. The van der Waals surface area contributed by atoms with Gasteiger partial charge in [-0.25, -0.2) is 8.42 Å². The van der Waals surface area contributed by atoms with Crippen molar-refractivity contribution in [1.29, 1.82) is 0 Å². The molecule has 1 aromatic carbocycles. The summed E-state index contributed by atoms with van der Waals surface area (Å²) in [6.45, 7) is 4.44. The van der Waals surface area contributed by atoms with Crippen LogP contribution < -0.4 is 5.32 Å². The summed E-state index contributed by atoms with van der Waals surface area (Å²) >= 11 is 0. The molecule has 0 aliphatic heterocycles. The van der Waals surface area contributed by atoms with Crippen molar-refractivity contribution in [2.75, 3.05) is 11.1 Å². The van der Waals surface area contributed by atoms with Gasteiger partial charge in [-0.1, -0.05) is 19.1 Å². The topological polar surface area (TPSA) is 59.1 Å². The van der Waals surface area contributed by atoms with E-state index in [-0.39, 0.29) is 5.75 Å². The quantitative estimate of drug-likeness (QED) is 0.890. The molecular formula is C16H20N2O2S. The lowest BCUT2D eigenvalue weighted by molar-refractivity contribution is 0.595. The molecule has 21 heavy (non-hydrogen) atoms. The summed E-state index contributed by atoms with van der Waals surface area (Å²) in [4.78, 5) is 4.43. The van der Waals surface area contributed by atoms with Crippen LogP contribution in [0.3, 0.4) is 0 Å². The smallest absolute Gasteiger partial charge is 0.180 e. The Kier molecular flexibility index (Phi) is 4.96. The average molecular weight is 304 g/mol. The molecular weight excluding hydrogens is 284 g/mol. The predicted octanol–water partition coefficient (Wildman–Crippen LogP) is 3.19. The minimum atomic E-state index is -3.23. The normalized spacial score (nSPS) is 11.3. The van der Waals surface area contributed by atoms with Gasteiger partial charge in [0.15, 0.2) is 9.84 Å². The van der Waals surface area contributed by atoms with Crippen LogP contribution in [0.2, 0.25) is 0 Å². The monoisotopic (exact) mass is 304 g/mol. The minimum Gasteiger partial charge on any atom is -0.380 e. The van der Waals surface area contributed by atoms with Crippen LogP contribution in [0.4, 0.5) is 5.69 Å². The van der Waals surface area contributed by atoms with Crippen molar-refractivity contribution in [3.63, 3.8) is 0 Å².